The second-order valence-electron chi connectivity index (χ2n) is 9.02. The number of fused-ring (bicyclic) bond motifs is 3. The van der Waals surface area contributed by atoms with Crippen molar-refractivity contribution in [3.63, 3.8) is 0 Å². The molecule has 32 heavy (non-hydrogen) atoms. The Morgan fingerprint density at radius 3 is 2.59 bits per heavy atom. The van der Waals surface area contributed by atoms with Gasteiger partial charge in [0.05, 0.1) is 11.0 Å². The van der Waals surface area contributed by atoms with Crippen LogP contribution in [0.15, 0.2) is 35.1 Å². The molecule has 2 aromatic carbocycles. The summed E-state index contributed by atoms with van der Waals surface area (Å²) in [5.41, 5.74) is 1.25. The summed E-state index contributed by atoms with van der Waals surface area (Å²) < 4.78 is 8.26. The van der Waals surface area contributed by atoms with Gasteiger partial charge in [-0.1, -0.05) is 18.2 Å². The Morgan fingerprint density at radius 1 is 1.19 bits per heavy atom. The topological polar surface area (TPSA) is 111 Å². The van der Waals surface area contributed by atoms with E-state index >= 15 is 0 Å². The number of nitrogens with zero attached hydrogens (tertiary/aromatic N) is 2. The maximum atomic E-state index is 13.1. The summed E-state index contributed by atoms with van der Waals surface area (Å²) in [6, 6.07) is 8.73. The number of imidazole rings is 1. The molecule has 1 aliphatic rings. The van der Waals surface area contributed by atoms with Crippen molar-refractivity contribution in [2.75, 3.05) is 0 Å². The number of aromatic nitrogens is 2. The highest BCUT2D eigenvalue weighted by molar-refractivity contribution is 6.06. The number of nitrogens with one attached hydrogen (secondary N) is 2. The lowest BCUT2D eigenvalue weighted by Gasteiger charge is -2.22. The van der Waals surface area contributed by atoms with Gasteiger partial charge in [0.15, 0.2) is 0 Å². The van der Waals surface area contributed by atoms with E-state index in [1.165, 1.54) is 9.13 Å². The number of hydrogen-bond acceptors (Lipinski definition) is 5. The maximum Gasteiger partial charge on any atom is 0.407 e. The number of carbonyl (C=O) groups is 3. The summed E-state index contributed by atoms with van der Waals surface area (Å²) in [5, 5.41) is 6.82. The summed E-state index contributed by atoms with van der Waals surface area (Å²) in [6.07, 6.45) is -0.0401. The van der Waals surface area contributed by atoms with Gasteiger partial charge >= 0.3 is 11.8 Å². The molecule has 3 amide bonds. The lowest BCUT2D eigenvalue weighted by molar-refractivity contribution is -0.135. The molecular formula is C23H26N4O5. The third kappa shape index (κ3) is 3.98. The largest absolute Gasteiger partial charge is 0.444 e. The van der Waals surface area contributed by atoms with Gasteiger partial charge < -0.3 is 10.1 Å². The number of aryl methyl sites for hydroxylation is 1. The van der Waals surface area contributed by atoms with Crippen LogP contribution >= 0.6 is 0 Å². The standard InChI is InChI=1S/C23H26N4O5/c1-23(2,3)32-21(30)24-12-13-5-6-14-7-8-16-19(15(14)11-13)26(4)22(31)27(16)17-9-10-18(28)25-20(17)29/h5-8,11,17H,9-10,12H2,1-4H3,(H,24,30)(H,25,28,29). The van der Waals surface area contributed by atoms with E-state index in [1.807, 2.05) is 30.3 Å². The zero-order chi connectivity index (χ0) is 23.2. The minimum Gasteiger partial charge on any atom is -0.444 e. The molecule has 1 aliphatic heterocycles. The van der Waals surface area contributed by atoms with Gasteiger partial charge in [-0.25, -0.2) is 9.59 Å². The second-order valence-corrected chi connectivity index (χ2v) is 9.02. The van der Waals surface area contributed by atoms with E-state index in [2.05, 4.69) is 10.6 Å². The summed E-state index contributed by atoms with van der Waals surface area (Å²) in [7, 11) is 1.66. The molecule has 0 spiro atoms. The summed E-state index contributed by atoms with van der Waals surface area (Å²) in [4.78, 5) is 49.0. The monoisotopic (exact) mass is 438 g/mol. The van der Waals surface area contributed by atoms with Crippen molar-refractivity contribution in [1.82, 2.24) is 19.8 Å². The Bertz CT molecular complexity index is 1310. The minimum absolute atomic E-state index is 0.188. The SMILES string of the molecule is Cn1c(=O)n(C2CCC(=O)NC2=O)c2ccc3ccc(CNC(=O)OC(C)(C)C)cc3c21. The van der Waals surface area contributed by atoms with Crippen LogP contribution < -0.4 is 16.3 Å². The first-order valence-electron chi connectivity index (χ1n) is 10.5. The second kappa shape index (κ2) is 7.81. The fraction of sp³-hybridized carbons (Fsp3) is 0.391. The Balaban J connectivity index is 1.74. The molecule has 1 atom stereocenters. The van der Waals surface area contributed by atoms with Crippen LogP contribution in [0.25, 0.3) is 21.8 Å². The zero-order valence-electron chi connectivity index (χ0n) is 18.5. The predicted molar refractivity (Wildman–Crippen MR) is 119 cm³/mol. The third-order valence-electron chi connectivity index (χ3n) is 5.48. The maximum absolute atomic E-state index is 13.1. The number of piperidine rings is 1. The van der Waals surface area contributed by atoms with E-state index in [9.17, 15) is 19.2 Å². The molecule has 2 N–H and O–H groups in total. The van der Waals surface area contributed by atoms with Gasteiger partial charge in [0.1, 0.15) is 11.6 Å². The van der Waals surface area contributed by atoms with E-state index in [-0.39, 0.29) is 31.0 Å². The van der Waals surface area contributed by atoms with Crippen molar-refractivity contribution in [2.24, 2.45) is 7.05 Å². The number of ether oxygens (including phenoxy) is 1. The molecule has 1 saturated heterocycles. The lowest BCUT2D eigenvalue weighted by Crippen LogP contribution is -2.44. The molecule has 3 aromatic rings. The highest BCUT2D eigenvalue weighted by atomic mass is 16.6. The molecule has 4 rings (SSSR count). The highest BCUT2D eigenvalue weighted by Gasteiger charge is 2.31. The average molecular weight is 438 g/mol. The molecule has 1 unspecified atom stereocenters. The van der Waals surface area contributed by atoms with Gasteiger partial charge in [0, 0.05) is 25.4 Å². The Hall–Kier alpha value is -3.62. The fourth-order valence-corrected chi connectivity index (χ4v) is 4.07. The zero-order valence-corrected chi connectivity index (χ0v) is 18.5. The van der Waals surface area contributed by atoms with Crippen molar-refractivity contribution < 1.29 is 19.1 Å². The van der Waals surface area contributed by atoms with Gasteiger partial charge in [-0.3, -0.25) is 24.0 Å². The van der Waals surface area contributed by atoms with Crippen molar-refractivity contribution >= 4 is 39.7 Å². The van der Waals surface area contributed by atoms with Crippen molar-refractivity contribution in [3.05, 3.63) is 46.4 Å². The number of imide groups is 1. The molecule has 9 nitrogen and oxygen atoms in total. The van der Waals surface area contributed by atoms with Crippen molar-refractivity contribution in [1.29, 1.82) is 0 Å². The van der Waals surface area contributed by atoms with E-state index in [0.29, 0.717) is 11.0 Å². The number of alkyl carbamates (subject to hydrolysis) is 1. The Morgan fingerprint density at radius 2 is 1.91 bits per heavy atom. The first-order chi connectivity index (χ1) is 15.0. The quantitative estimate of drug-likeness (QED) is 0.611. The third-order valence-corrected chi connectivity index (χ3v) is 5.48. The van der Waals surface area contributed by atoms with Gasteiger partial charge in [-0.15, -0.1) is 0 Å². The van der Waals surface area contributed by atoms with Crippen LogP contribution in [0.2, 0.25) is 0 Å². The van der Waals surface area contributed by atoms with Crippen LogP contribution in [-0.2, 0) is 27.9 Å². The molecule has 2 heterocycles. The Labute approximate surface area is 184 Å². The van der Waals surface area contributed by atoms with E-state index in [1.54, 1.807) is 27.8 Å². The number of hydrogen-bond donors (Lipinski definition) is 2. The van der Waals surface area contributed by atoms with E-state index in [4.69, 9.17) is 4.74 Å². The van der Waals surface area contributed by atoms with Crippen molar-refractivity contribution in [2.45, 2.75) is 51.8 Å². The minimum atomic E-state index is -0.738. The summed E-state index contributed by atoms with van der Waals surface area (Å²) >= 11 is 0. The van der Waals surface area contributed by atoms with Crippen LogP contribution in [0, 0.1) is 0 Å². The van der Waals surface area contributed by atoms with Gasteiger partial charge in [0.2, 0.25) is 11.8 Å². The van der Waals surface area contributed by atoms with Crippen LogP contribution in [0.3, 0.4) is 0 Å². The molecule has 1 aromatic heterocycles. The summed E-state index contributed by atoms with van der Waals surface area (Å²) in [5.74, 6) is -0.793. The van der Waals surface area contributed by atoms with E-state index < -0.39 is 23.6 Å². The average Bonchev–Trinajstić information content (AvgIpc) is 2.96. The van der Waals surface area contributed by atoms with E-state index in [0.717, 1.165) is 16.3 Å². The van der Waals surface area contributed by atoms with Crippen molar-refractivity contribution in [3.8, 4) is 0 Å². The van der Waals surface area contributed by atoms with Gasteiger partial charge in [0.25, 0.3) is 0 Å². The molecule has 0 aliphatic carbocycles. The first kappa shape index (κ1) is 21.6. The molecular weight excluding hydrogens is 412 g/mol. The number of rotatable bonds is 3. The normalized spacial score (nSPS) is 16.9. The molecule has 1 fully saturated rings. The molecule has 0 saturated carbocycles. The van der Waals surface area contributed by atoms with Crippen LogP contribution in [0.5, 0.6) is 0 Å². The highest BCUT2D eigenvalue weighted by Crippen LogP contribution is 2.29. The summed E-state index contributed by atoms with van der Waals surface area (Å²) in [6.45, 7) is 5.66. The van der Waals surface area contributed by atoms with Gasteiger partial charge in [-0.05, 0) is 50.3 Å². The number of benzene rings is 2. The molecule has 0 bridgehead atoms. The molecule has 168 valence electrons. The van der Waals surface area contributed by atoms with Crippen LogP contribution in [0.1, 0.15) is 45.2 Å². The fourth-order valence-electron chi connectivity index (χ4n) is 4.07. The molecule has 0 radical (unpaired) electrons. The first-order valence-corrected chi connectivity index (χ1v) is 10.5. The molecule has 9 heteroatoms. The predicted octanol–water partition coefficient (Wildman–Crippen LogP) is 2.50. The van der Waals surface area contributed by atoms with Gasteiger partial charge in [-0.2, -0.15) is 0 Å². The lowest BCUT2D eigenvalue weighted by atomic mass is 10.0. The van der Waals surface area contributed by atoms with Crippen LogP contribution in [0.4, 0.5) is 4.79 Å². The number of carbonyl (C=O) groups excluding carboxylic acids is 3. The Kier molecular flexibility index (Phi) is 5.28. The smallest absolute Gasteiger partial charge is 0.407 e. The van der Waals surface area contributed by atoms with Crippen LogP contribution in [-0.4, -0.2) is 32.6 Å². The number of amides is 3.